The van der Waals surface area contributed by atoms with E-state index in [9.17, 15) is 0 Å². The molecule has 3 rings (SSSR count). The van der Waals surface area contributed by atoms with Gasteiger partial charge >= 0.3 is 0 Å². The highest BCUT2D eigenvalue weighted by Gasteiger charge is 2.19. The number of nitrogens with zero attached hydrogens (tertiary/aromatic N) is 1. The van der Waals surface area contributed by atoms with E-state index in [1.807, 2.05) is 25.6 Å². The van der Waals surface area contributed by atoms with Gasteiger partial charge in [-0.3, -0.25) is 4.98 Å². The molecule has 1 aliphatic heterocycles. The van der Waals surface area contributed by atoms with Gasteiger partial charge in [-0.2, -0.15) is 0 Å². The van der Waals surface area contributed by atoms with Crippen LogP contribution in [0.15, 0.2) is 48.4 Å². The highest BCUT2D eigenvalue weighted by Crippen LogP contribution is 2.31. The topological polar surface area (TPSA) is 34.1 Å². The summed E-state index contributed by atoms with van der Waals surface area (Å²) >= 11 is 0. The van der Waals surface area contributed by atoms with Crippen LogP contribution in [0.5, 0.6) is 0 Å². The summed E-state index contributed by atoms with van der Waals surface area (Å²) in [5, 5.41) is 4.61. The molecule has 2 heterocycles. The Morgan fingerprint density at radius 2 is 2.16 bits per heavy atom. The van der Waals surface area contributed by atoms with Crippen molar-refractivity contribution < 1.29 is 4.74 Å². The SMILES string of the molecule is CNC(C1=COCCC1)c1ccnc2ccccc12. The first-order valence-corrected chi connectivity index (χ1v) is 6.71. The Bertz CT molecular complexity index is 601. The van der Waals surface area contributed by atoms with Crippen molar-refractivity contribution in [2.45, 2.75) is 18.9 Å². The Kier molecular flexibility index (Phi) is 3.47. The van der Waals surface area contributed by atoms with E-state index in [2.05, 4.69) is 34.6 Å². The quantitative estimate of drug-likeness (QED) is 0.913. The van der Waals surface area contributed by atoms with Gasteiger partial charge in [0.1, 0.15) is 0 Å². The van der Waals surface area contributed by atoms with Crippen LogP contribution in [0.25, 0.3) is 10.9 Å². The fourth-order valence-corrected chi connectivity index (χ4v) is 2.71. The highest BCUT2D eigenvalue weighted by atomic mass is 16.5. The molecule has 1 aromatic heterocycles. The van der Waals surface area contributed by atoms with Crippen LogP contribution in [0.3, 0.4) is 0 Å². The highest BCUT2D eigenvalue weighted by molar-refractivity contribution is 5.82. The van der Waals surface area contributed by atoms with Crippen LogP contribution in [0, 0.1) is 0 Å². The van der Waals surface area contributed by atoms with Crippen molar-refractivity contribution in [3.8, 4) is 0 Å². The molecule has 0 spiro atoms. The number of pyridine rings is 1. The zero-order valence-electron chi connectivity index (χ0n) is 11.1. The number of para-hydroxylation sites is 1. The average molecular weight is 254 g/mol. The molecule has 1 unspecified atom stereocenters. The molecule has 19 heavy (non-hydrogen) atoms. The normalized spacial score (nSPS) is 16.8. The Morgan fingerprint density at radius 3 is 2.95 bits per heavy atom. The van der Waals surface area contributed by atoms with E-state index in [-0.39, 0.29) is 6.04 Å². The summed E-state index contributed by atoms with van der Waals surface area (Å²) < 4.78 is 5.48. The van der Waals surface area contributed by atoms with Crippen molar-refractivity contribution in [1.29, 1.82) is 0 Å². The van der Waals surface area contributed by atoms with Crippen molar-refractivity contribution in [2.24, 2.45) is 0 Å². The molecular weight excluding hydrogens is 236 g/mol. The molecule has 0 bridgehead atoms. The predicted octanol–water partition coefficient (Wildman–Crippen LogP) is 3.19. The fraction of sp³-hybridized carbons (Fsp3) is 0.312. The Balaban J connectivity index is 2.08. The molecule has 0 saturated carbocycles. The largest absolute Gasteiger partial charge is 0.501 e. The van der Waals surface area contributed by atoms with Gasteiger partial charge in [0.25, 0.3) is 0 Å². The predicted molar refractivity (Wildman–Crippen MR) is 76.8 cm³/mol. The summed E-state index contributed by atoms with van der Waals surface area (Å²) in [7, 11) is 2.00. The molecule has 1 aliphatic rings. The maximum Gasteiger partial charge on any atom is 0.0876 e. The summed E-state index contributed by atoms with van der Waals surface area (Å²) in [6.45, 7) is 0.830. The Hall–Kier alpha value is -1.87. The van der Waals surface area contributed by atoms with Gasteiger partial charge in [0.2, 0.25) is 0 Å². The van der Waals surface area contributed by atoms with Crippen molar-refractivity contribution in [3.05, 3.63) is 53.9 Å². The second-order valence-electron chi connectivity index (χ2n) is 4.81. The lowest BCUT2D eigenvalue weighted by Gasteiger charge is -2.24. The van der Waals surface area contributed by atoms with Gasteiger partial charge < -0.3 is 10.1 Å². The summed E-state index contributed by atoms with van der Waals surface area (Å²) in [5.41, 5.74) is 3.62. The minimum Gasteiger partial charge on any atom is -0.501 e. The Labute approximate surface area is 113 Å². The van der Waals surface area contributed by atoms with Gasteiger partial charge in [-0.15, -0.1) is 0 Å². The first-order valence-electron chi connectivity index (χ1n) is 6.71. The zero-order chi connectivity index (χ0) is 13.1. The van der Waals surface area contributed by atoms with E-state index < -0.39 is 0 Å². The minimum atomic E-state index is 0.202. The van der Waals surface area contributed by atoms with E-state index >= 15 is 0 Å². The van der Waals surface area contributed by atoms with Gasteiger partial charge in [-0.05, 0) is 43.2 Å². The van der Waals surface area contributed by atoms with Crippen molar-refractivity contribution in [2.75, 3.05) is 13.7 Å². The van der Waals surface area contributed by atoms with Crippen LogP contribution in [-0.4, -0.2) is 18.6 Å². The van der Waals surface area contributed by atoms with Gasteiger partial charge in [-0.1, -0.05) is 18.2 Å². The van der Waals surface area contributed by atoms with Crippen LogP contribution in [0.2, 0.25) is 0 Å². The fourth-order valence-electron chi connectivity index (χ4n) is 2.71. The number of likely N-dealkylation sites (N-methyl/N-ethyl adjacent to an activating group) is 1. The van der Waals surface area contributed by atoms with E-state index in [1.54, 1.807) is 0 Å². The lowest BCUT2D eigenvalue weighted by molar-refractivity contribution is 0.220. The number of benzene rings is 1. The molecule has 1 atom stereocenters. The third-order valence-corrected chi connectivity index (χ3v) is 3.62. The second kappa shape index (κ2) is 5.41. The molecule has 3 nitrogen and oxygen atoms in total. The molecule has 3 heteroatoms. The van der Waals surface area contributed by atoms with Crippen molar-refractivity contribution in [1.82, 2.24) is 10.3 Å². The molecule has 1 aromatic carbocycles. The third-order valence-electron chi connectivity index (χ3n) is 3.62. The Morgan fingerprint density at radius 1 is 1.26 bits per heavy atom. The van der Waals surface area contributed by atoms with Crippen molar-refractivity contribution in [3.63, 3.8) is 0 Å². The smallest absolute Gasteiger partial charge is 0.0876 e. The standard InChI is InChI=1S/C16H18N2O/c1-17-16(12-5-4-10-19-11-12)14-8-9-18-15-7-3-2-6-13(14)15/h2-3,6-9,11,16-17H,4-5,10H2,1H3. The summed E-state index contributed by atoms with van der Waals surface area (Å²) in [4.78, 5) is 4.43. The number of rotatable bonds is 3. The molecule has 0 saturated heterocycles. The van der Waals surface area contributed by atoms with E-state index in [0.29, 0.717) is 0 Å². The van der Waals surface area contributed by atoms with E-state index in [1.165, 1.54) is 16.5 Å². The third kappa shape index (κ3) is 2.34. The lowest BCUT2D eigenvalue weighted by atomic mass is 9.93. The molecule has 0 amide bonds. The van der Waals surface area contributed by atoms with Crippen molar-refractivity contribution >= 4 is 10.9 Å². The van der Waals surface area contributed by atoms with Crippen LogP contribution in [-0.2, 0) is 4.74 Å². The second-order valence-corrected chi connectivity index (χ2v) is 4.81. The summed E-state index contributed by atoms with van der Waals surface area (Å²) in [6.07, 6.45) is 5.97. The van der Waals surface area contributed by atoms with Gasteiger partial charge in [0.15, 0.2) is 0 Å². The van der Waals surface area contributed by atoms with Gasteiger partial charge in [0.05, 0.1) is 24.4 Å². The zero-order valence-corrected chi connectivity index (χ0v) is 11.1. The minimum absolute atomic E-state index is 0.202. The molecular formula is C16H18N2O. The summed E-state index contributed by atoms with van der Waals surface area (Å²) in [6, 6.07) is 10.6. The average Bonchev–Trinajstić information content (AvgIpc) is 2.49. The lowest BCUT2D eigenvalue weighted by Crippen LogP contribution is -2.21. The number of ether oxygens (including phenoxy) is 1. The number of hydrogen-bond acceptors (Lipinski definition) is 3. The monoisotopic (exact) mass is 254 g/mol. The molecule has 0 radical (unpaired) electrons. The molecule has 0 fully saturated rings. The molecule has 2 aromatic rings. The van der Waals surface area contributed by atoms with Crippen LogP contribution in [0.1, 0.15) is 24.4 Å². The van der Waals surface area contributed by atoms with E-state index in [4.69, 9.17) is 4.74 Å². The van der Waals surface area contributed by atoms with Gasteiger partial charge in [-0.25, -0.2) is 0 Å². The first-order chi connectivity index (χ1) is 9.40. The number of nitrogens with one attached hydrogen (secondary N) is 1. The summed E-state index contributed by atoms with van der Waals surface area (Å²) in [5.74, 6) is 0. The number of fused-ring (bicyclic) bond motifs is 1. The molecule has 98 valence electrons. The number of hydrogen-bond donors (Lipinski definition) is 1. The van der Waals surface area contributed by atoms with Crippen LogP contribution in [0.4, 0.5) is 0 Å². The van der Waals surface area contributed by atoms with Crippen LogP contribution < -0.4 is 5.32 Å². The van der Waals surface area contributed by atoms with Gasteiger partial charge in [0, 0.05) is 11.6 Å². The molecule has 0 aliphatic carbocycles. The van der Waals surface area contributed by atoms with Crippen LogP contribution >= 0.6 is 0 Å². The van der Waals surface area contributed by atoms with E-state index in [0.717, 1.165) is 25.0 Å². The maximum atomic E-state index is 5.48. The first kappa shape index (κ1) is 12.2. The number of aromatic nitrogens is 1. The maximum absolute atomic E-state index is 5.48. The molecule has 1 N–H and O–H groups in total.